The number of likely N-dealkylation sites (tertiary alicyclic amines) is 1. The molecule has 1 aromatic carbocycles. The lowest BCUT2D eigenvalue weighted by atomic mass is 9.87. The summed E-state index contributed by atoms with van der Waals surface area (Å²) in [6, 6.07) is 7.61. The molecule has 0 aliphatic carbocycles. The minimum absolute atomic E-state index is 0.0428. The SMILES string of the molecule is CC(C)(C)c1ccc(C(=O)NC(N2CCCCCC2)C(Cl)(Cl)Cl)cc1. The molecule has 1 amide bonds. The van der Waals surface area contributed by atoms with Gasteiger partial charge in [-0.05, 0) is 36.0 Å². The first-order valence-electron chi connectivity index (χ1n) is 8.81. The van der Waals surface area contributed by atoms with E-state index in [0.29, 0.717) is 5.56 Å². The fourth-order valence-electron chi connectivity index (χ4n) is 3.06. The summed E-state index contributed by atoms with van der Waals surface area (Å²) in [6.07, 6.45) is 3.81. The van der Waals surface area contributed by atoms with Crippen LogP contribution in [0, 0.1) is 0 Å². The molecule has 1 atom stereocenters. The van der Waals surface area contributed by atoms with Gasteiger partial charge in [0, 0.05) is 18.7 Å². The lowest BCUT2D eigenvalue weighted by molar-refractivity contribution is 0.0853. The highest BCUT2D eigenvalue weighted by atomic mass is 35.6. The van der Waals surface area contributed by atoms with Gasteiger partial charge in [0.2, 0.25) is 3.79 Å². The number of halogens is 3. The Bertz CT molecular complexity index is 568. The Labute approximate surface area is 166 Å². The standard InChI is InChI=1S/C19H27Cl3N2O/c1-18(2,3)15-10-8-14(9-11-15)16(25)23-17(19(20,21)22)24-12-6-4-5-7-13-24/h8-11,17H,4-7,12-13H2,1-3H3,(H,23,25). The number of hydrogen-bond donors (Lipinski definition) is 1. The molecule has 0 aromatic heterocycles. The van der Waals surface area contributed by atoms with Crippen LogP contribution in [0.15, 0.2) is 24.3 Å². The molecule has 6 heteroatoms. The van der Waals surface area contributed by atoms with E-state index in [2.05, 4.69) is 31.0 Å². The molecule has 3 nitrogen and oxygen atoms in total. The fourth-order valence-corrected chi connectivity index (χ4v) is 3.64. The molecule has 2 rings (SSSR count). The van der Waals surface area contributed by atoms with Gasteiger partial charge in [0.1, 0.15) is 6.17 Å². The van der Waals surface area contributed by atoms with Gasteiger partial charge in [-0.25, -0.2) is 0 Å². The van der Waals surface area contributed by atoms with Gasteiger partial charge in [-0.1, -0.05) is 80.5 Å². The van der Waals surface area contributed by atoms with Crippen LogP contribution in [0.25, 0.3) is 0 Å². The Balaban J connectivity index is 2.13. The van der Waals surface area contributed by atoms with Crippen molar-refractivity contribution in [1.29, 1.82) is 0 Å². The lowest BCUT2D eigenvalue weighted by Gasteiger charge is -2.35. The van der Waals surface area contributed by atoms with Crippen molar-refractivity contribution in [3.8, 4) is 0 Å². The molecule has 1 N–H and O–H groups in total. The number of amides is 1. The Hall–Kier alpha value is -0.480. The second-order valence-electron chi connectivity index (χ2n) is 7.70. The van der Waals surface area contributed by atoms with Crippen molar-refractivity contribution in [3.63, 3.8) is 0 Å². The van der Waals surface area contributed by atoms with Crippen LogP contribution in [-0.4, -0.2) is 33.9 Å². The molecule has 0 spiro atoms. The van der Waals surface area contributed by atoms with Crippen LogP contribution in [-0.2, 0) is 5.41 Å². The highest BCUT2D eigenvalue weighted by Gasteiger charge is 2.38. The maximum absolute atomic E-state index is 12.7. The summed E-state index contributed by atoms with van der Waals surface area (Å²) in [7, 11) is 0. The van der Waals surface area contributed by atoms with Crippen molar-refractivity contribution in [1.82, 2.24) is 10.2 Å². The van der Waals surface area contributed by atoms with Crippen LogP contribution in [0.2, 0.25) is 0 Å². The molecule has 140 valence electrons. The van der Waals surface area contributed by atoms with Crippen LogP contribution >= 0.6 is 34.8 Å². The molecule has 0 saturated carbocycles. The normalized spacial score (nSPS) is 18.5. The molecule has 1 saturated heterocycles. The van der Waals surface area contributed by atoms with Gasteiger partial charge >= 0.3 is 0 Å². The average molecular weight is 406 g/mol. The van der Waals surface area contributed by atoms with E-state index in [1.54, 1.807) is 0 Å². The maximum Gasteiger partial charge on any atom is 0.252 e. The van der Waals surface area contributed by atoms with Gasteiger partial charge in [-0.3, -0.25) is 9.69 Å². The van der Waals surface area contributed by atoms with E-state index in [1.807, 2.05) is 24.3 Å². The van der Waals surface area contributed by atoms with Crippen molar-refractivity contribution < 1.29 is 4.79 Å². The quantitative estimate of drug-likeness (QED) is 0.693. The third-order valence-electron chi connectivity index (χ3n) is 4.60. The van der Waals surface area contributed by atoms with E-state index in [4.69, 9.17) is 34.8 Å². The van der Waals surface area contributed by atoms with Crippen LogP contribution in [0.5, 0.6) is 0 Å². The van der Waals surface area contributed by atoms with Crippen LogP contribution in [0.1, 0.15) is 62.4 Å². The smallest absolute Gasteiger partial charge is 0.252 e. The third-order valence-corrected chi connectivity index (χ3v) is 5.22. The zero-order chi connectivity index (χ0) is 18.7. The Morgan fingerprint density at radius 1 is 1.00 bits per heavy atom. The average Bonchev–Trinajstić information content (AvgIpc) is 2.79. The molecule has 1 aliphatic rings. The monoisotopic (exact) mass is 404 g/mol. The second-order valence-corrected chi connectivity index (χ2v) is 10.1. The number of rotatable bonds is 3. The summed E-state index contributed by atoms with van der Waals surface area (Å²) >= 11 is 18.5. The van der Waals surface area contributed by atoms with Crippen molar-refractivity contribution in [3.05, 3.63) is 35.4 Å². The molecule has 0 radical (unpaired) electrons. The number of carbonyl (C=O) groups is 1. The zero-order valence-electron chi connectivity index (χ0n) is 15.1. The molecule has 1 unspecified atom stereocenters. The topological polar surface area (TPSA) is 32.3 Å². The highest BCUT2D eigenvalue weighted by molar-refractivity contribution is 6.68. The van der Waals surface area contributed by atoms with Crippen molar-refractivity contribution in [2.45, 2.75) is 61.8 Å². The predicted molar refractivity (Wildman–Crippen MR) is 107 cm³/mol. The molecular weight excluding hydrogens is 379 g/mol. The van der Waals surface area contributed by atoms with Crippen LogP contribution < -0.4 is 5.32 Å². The number of hydrogen-bond acceptors (Lipinski definition) is 2. The first-order valence-corrected chi connectivity index (χ1v) is 9.94. The summed E-state index contributed by atoms with van der Waals surface area (Å²) in [6.45, 7) is 8.06. The molecule has 1 heterocycles. The van der Waals surface area contributed by atoms with Gasteiger partial charge < -0.3 is 5.32 Å². The number of benzene rings is 1. The summed E-state index contributed by atoms with van der Waals surface area (Å²) in [5, 5.41) is 2.92. The maximum atomic E-state index is 12.7. The van der Waals surface area contributed by atoms with E-state index in [0.717, 1.165) is 25.9 Å². The molecule has 0 bridgehead atoms. The Morgan fingerprint density at radius 3 is 1.96 bits per heavy atom. The molecule has 1 aliphatic heterocycles. The summed E-state index contributed by atoms with van der Waals surface area (Å²) in [4.78, 5) is 14.7. The molecular formula is C19H27Cl3N2O. The fraction of sp³-hybridized carbons (Fsp3) is 0.632. The van der Waals surface area contributed by atoms with Crippen molar-refractivity contribution in [2.75, 3.05) is 13.1 Å². The zero-order valence-corrected chi connectivity index (χ0v) is 17.4. The van der Waals surface area contributed by atoms with Crippen LogP contribution in [0.4, 0.5) is 0 Å². The summed E-state index contributed by atoms with van der Waals surface area (Å²) in [5.41, 5.74) is 1.79. The lowest BCUT2D eigenvalue weighted by Crippen LogP contribution is -2.55. The third kappa shape index (κ3) is 6.02. The van der Waals surface area contributed by atoms with Gasteiger partial charge in [0.15, 0.2) is 0 Å². The second kappa shape index (κ2) is 8.47. The first-order chi connectivity index (χ1) is 11.6. The minimum Gasteiger partial charge on any atom is -0.332 e. The highest BCUT2D eigenvalue weighted by Crippen LogP contribution is 2.33. The largest absolute Gasteiger partial charge is 0.332 e. The predicted octanol–water partition coefficient (Wildman–Crippen LogP) is 5.29. The molecule has 1 fully saturated rings. The number of nitrogens with one attached hydrogen (secondary N) is 1. The molecule has 25 heavy (non-hydrogen) atoms. The summed E-state index contributed by atoms with van der Waals surface area (Å²) < 4.78 is -1.58. The van der Waals surface area contributed by atoms with Gasteiger partial charge in [0.05, 0.1) is 0 Å². The number of alkyl halides is 3. The molecule has 1 aromatic rings. The van der Waals surface area contributed by atoms with Crippen molar-refractivity contribution >= 4 is 40.7 Å². The Kier molecular flexibility index (Phi) is 7.06. The van der Waals surface area contributed by atoms with Gasteiger partial charge in [-0.2, -0.15) is 0 Å². The van der Waals surface area contributed by atoms with E-state index in [-0.39, 0.29) is 11.3 Å². The summed E-state index contributed by atoms with van der Waals surface area (Å²) in [5.74, 6) is -0.221. The van der Waals surface area contributed by atoms with E-state index >= 15 is 0 Å². The number of carbonyl (C=O) groups excluding carboxylic acids is 1. The van der Waals surface area contributed by atoms with Gasteiger partial charge in [-0.15, -0.1) is 0 Å². The van der Waals surface area contributed by atoms with E-state index in [1.165, 1.54) is 18.4 Å². The van der Waals surface area contributed by atoms with Crippen LogP contribution in [0.3, 0.4) is 0 Å². The van der Waals surface area contributed by atoms with Gasteiger partial charge in [0.25, 0.3) is 5.91 Å². The van der Waals surface area contributed by atoms with E-state index in [9.17, 15) is 4.79 Å². The Morgan fingerprint density at radius 2 is 1.52 bits per heavy atom. The minimum atomic E-state index is -1.58. The van der Waals surface area contributed by atoms with E-state index < -0.39 is 9.96 Å². The number of nitrogens with zero attached hydrogens (tertiary/aromatic N) is 1. The first kappa shape index (κ1) is 20.8. The van der Waals surface area contributed by atoms with Crippen molar-refractivity contribution in [2.24, 2.45) is 0 Å².